The van der Waals surface area contributed by atoms with Crippen LogP contribution in [0.1, 0.15) is 28.4 Å². The lowest BCUT2D eigenvalue weighted by Gasteiger charge is -2.35. The van der Waals surface area contributed by atoms with Crippen LogP contribution < -0.4 is 15.5 Å². The third-order valence-corrected chi connectivity index (χ3v) is 5.71. The van der Waals surface area contributed by atoms with Crippen LogP contribution >= 0.6 is 11.3 Å². The van der Waals surface area contributed by atoms with Crippen LogP contribution in [-0.4, -0.2) is 37.1 Å². The first-order chi connectivity index (χ1) is 12.5. The van der Waals surface area contributed by atoms with Crippen LogP contribution in [0.2, 0.25) is 0 Å². The third kappa shape index (κ3) is 4.72. The summed E-state index contributed by atoms with van der Waals surface area (Å²) in [4.78, 5) is 12.4. The van der Waals surface area contributed by atoms with Crippen molar-refractivity contribution < 1.29 is 4.39 Å². The van der Waals surface area contributed by atoms with Gasteiger partial charge >= 0.3 is 0 Å². The van der Waals surface area contributed by atoms with E-state index >= 15 is 0 Å². The number of aryl methyl sites for hydroxylation is 2. The highest BCUT2D eigenvalue weighted by atomic mass is 32.1. The molecular formula is C19H26FN5S. The predicted octanol–water partition coefficient (Wildman–Crippen LogP) is 3.23. The van der Waals surface area contributed by atoms with E-state index in [-0.39, 0.29) is 11.9 Å². The number of guanidine groups is 1. The van der Waals surface area contributed by atoms with E-state index in [0.29, 0.717) is 6.54 Å². The van der Waals surface area contributed by atoms with Crippen LogP contribution in [0.5, 0.6) is 0 Å². The minimum Gasteiger partial charge on any atom is -0.369 e. The second kappa shape index (κ2) is 8.49. The number of nitrogens with zero attached hydrogens (tertiary/aromatic N) is 3. The molecule has 2 N–H and O–H groups in total. The molecule has 0 bridgehead atoms. The molecular weight excluding hydrogens is 349 g/mol. The molecule has 0 radical (unpaired) electrons. The summed E-state index contributed by atoms with van der Waals surface area (Å²) in [7, 11) is 1.78. The predicted molar refractivity (Wildman–Crippen MR) is 107 cm³/mol. The molecule has 1 fully saturated rings. The monoisotopic (exact) mass is 375 g/mol. The fraction of sp³-hybridized carbons (Fsp3) is 0.474. The molecule has 2 aromatic rings. The summed E-state index contributed by atoms with van der Waals surface area (Å²) in [5.41, 5.74) is 2.03. The number of piperidine rings is 1. The number of thiazole rings is 1. The standard InChI is InChI=1S/C19H26FN5S/c1-13-14(2)26-18(23-13)11-22-19(21-3)24-16-7-5-9-25(12-16)17-8-4-6-15(20)10-17/h4,6,8,10,16H,5,7,9,11-12H2,1-3H3,(H2,21,22,24). The van der Waals surface area contributed by atoms with Crippen molar-refractivity contribution in [3.8, 4) is 0 Å². The summed E-state index contributed by atoms with van der Waals surface area (Å²) < 4.78 is 13.5. The zero-order valence-electron chi connectivity index (χ0n) is 15.6. The van der Waals surface area contributed by atoms with Crippen LogP contribution in [0, 0.1) is 19.7 Å². The first-order valence-electron chi connectivity index (χ1n) is 8.95. The zero-order valence-corrected chi connectivity index (χ0v) is 16.4. The normalized spacial score (nSPS) is 18.1. The van der Waals surface area contributed by atoms with Crippen LogP contribution in [0.3, 0.4) is 0 Å². The van der Waals surface area contributed by atoms with Gasteiger partial charge in [-0.25, -0.2) is 9.37 Å². The van der Waals surface area contributed by atoms with E-state index in [9.17, 15) is 4.39 Å². The van der Waals surface area contributed by atoms with Gasteiger partial charge in [0, 0.05) is 36.7 Å². The summed E-state index contributed by atoms with van der Waals surface area (Å²) in [6, 6.07) is 7.09. The summed E-state index contributed by atoms with van der Waals surface area (Å²) in [6.45, 7) is 6.57. The molecule has 1 aliphatic heterocycles. The van der Waals surface area contributed by atoms with E-state index in [1.54, 1.807) is 30.5 Å². The number of nitrogens with one attached hydrogen (secondary N) is 2. The topological polar surface area (TPSA) is 52.6 Å². The van der Waals surface area contributed by atoms with Gasteiger partial charge in [0.05, 0.1) is 12.2 Å². The number of benzene rings is 1. The van der Waals surface area contributed by atoms with Gasteiger partial charge in [0.25, 0.3) is 0 Å². The van der Waals surface area contributed by atoms with Crippen LogP contribution in [0.15, 0.2) is 29.3 Å². The molecule has 1 aliphatic rings. The third-order valence-electron chi connectivity index (χ3n) is 4.64. The second-order valence-corrected chi connectivity index (χ2v) is 7.87. The molecule has 7 heteroatoms. The number of anilines is 1. The highest BCUT2D eigenvalue weighted by Crippen LogP contribution is 2.21. The van der Waals surface area contributed by atoms with E-state index in [1.807, 2.05) is 13.0 Å². The van der Waals surface area contributed by atoms with Gasteiger partial charge in [0.2, 0.25) is 0 Å². The molecule has 0 saturated carbocycles. The van der Waals surface area contributed by atoms with E-state index < -0.39 is 0 Å². The molecule has 1 aromatic carbocycles. The van der Waals surface area contributed by atoms with Crippen molar-refractivity contribution >= 4 is 23.0 Å². The highest BCUT2D eigenvalue weighted by molar-refractivity contribution is 7.11. The fourth-order valence-electron chi connectivity index (χ4n) is 3.16. The Bertz CT molecular complexity index is 754. The van der Waals surface area contributed by atoms with Gasteiger partial charge in [-0.1, -0.05) is 6.07 Å². The van der Waals surface area contributed by atoms with Gasteiger partial charge < -0.3 is 15.5 Å². The number of aliphatic imine (C=N–C) groups is 1. The first kappa shape index (κ1) is 18.6. The van der Waals surface area contributed by atoms with Crippen molar-refractivity contribution in [2.45, 2.75) is 39.3 Å². The largest absolute Gasteiger partial charge is 0.369 e. The van der Waals surface area contributed by atoms with Crippen LogP contribution in [0.25, 0.3) is 0 Å². The summed E-state index contributed by atoms with van der Waals surface area (Å²) in [5, 5.41) is 7.90. The zero-order chi connectivity index (χ0) is 18.5. The molecule has 0 amide bonds. The van der Waals surface area contributed by atoms with Crippen LogP contribution in [-0.2, 0) is 6.54 Å². The minimum atomic E-state index is -0.191. The Morgan fingerprint density at radius 3 is 2.96 bits per heavy atom. The SMILES string of the molecule is CN=C(NCc1nc(C)c(C)s1)NC1CCCN(c2cccc(F)c2)C1. The second-order valence-electron chi connectivity index (χ2n) is 6.58. The van der Waals surface area contributed by atoms with E-state index in [4.69, 9.17) is 0 Å². The van der Waals surface area contributed by atoms with E-state index in [2.05, 4.69) is 32.4 Å². The summed E-state index contributed by atoms with van der Waals surface area (Å²) in [5.74, 6) is 0.589. The summed E-state index contributed by atoms with van der Waals surface area (Å²) in [6.07, 6.45) is 2.14. The van der Waals surface area contributed by atoms with Crippen LogP contribution in [0.4, 0.5) is 10.1 Å². The Morgan fingerprint density at radius 2 is 2.27 bits per heavy atom. The molecule has 3 rings (SSSR count). The smallest absolute Gasteiger partial charge is 0.191 e. The van der Waals surface area contributed by atoms with Gasteiger partial charge in [-0.3, -0.25) is 4.99 Å². The van der Waals surface area contributed by atoms with E-state index in [0.717, 1.165) is 48.3 Å². The van der Waals surface area contributed by atoms with Crippen molar-refractivity contribution in [2.75, 3.05) is 25.0 Å². The Morgan fingerprint density at radius 1 is 1.42 bits per heavy atom. The Hall–Kier alpha value is -2.15. The highest BCUT2D eigenvalue weighted by Gasteiger charge is 2.21. The lowest BCUT2D eigenvalue weighted by Crippen LogP contribution is -2.51. The molecule has 2 heterocycles. The van der Waals surface area contributed by atoms with E-state index in [1.165, 1.54) is 10.9 Å². The minimum absolute atomic E-state index is 0.191. The average Bonchev–Trinajstić information content (AvgIpc) is 2.96. The van der Waals surface area contributed by atoms with Gasteiger partial charge in [-0.15, -0.1) is 11.3 Å². The Labute approximate surface area is 158 Å². The molecule has 1 saturated heterocycles. The Balaban J connectivity index is 1.56. The van der Waals surface area contributed by atoms with Gasteiger partial charge in [0.15, 0.2) is 5.96 Å². The molecule has 140 valence electrons. The molecule has 1 aromatic heterocycles. The van der Waals surface area contributed by atoms with Crippen molar-refractivity contribution in [1.82, 2.24) is 15.6 Å². The molecule has 1 atom stereocenters. The van der Waals surface area contributed by atoms with Gasteiger partial charge in [0.1, 0.15) is 10.8 Å². The molecule has 0 aliphatic carbocycles. The maximum Gasteiger partial charge on any atom is 0.191 e. The quantitative estimate of drug-likeness (QED) is 0.636. The molecule has 5 nitrogen and oxygen atoms in total. The molecule has 1 unspecified atom stereocenters. The number of hydrogen-bond donors (Lipinski definition) is 2. The molecule has 0 spiro atoms. The van der Waals surface area contributed by atoms with Crippen molar-refractivity contribution in [2.24, 2.45) is 4.99 Å². The van der Waals surface area contributed by atoms with Crippen molar-refractivity contribution in [1.29, 1.82) is 0 Å². The maximum absolute atomic E-state index is 13.5. The maximum atomic E-state index is 13.5. The lowest BCUT2D eigenvalue weighted by molar-refractivity contribution is 0.467. The van der Waals surface area contributed by atoms with Gasteiger partial charge in [-0.2, -0.15) is 0 Å². The van der Waals surface area contributed by atoms with Gasteiger partial charge in [-0.05, 0) is 44.9 Å². The molecule has 26 heavy (non-hydrogen) atoms. The number of rotatable bonds is 4. The lowest BCUT2D eigenvalue weighted by atomic mass is 10.0. The average molecular weight is 376 g/mol. The number of halogens is 1. The number of hydrogen-bond acceptors (Lipinski definition) is 4. The van der Waals surface area contributed by atoms with Crippen molar-refractivity contribution in [3.05, 3.63) is 45.7 Å². The number of aromatic nitrogens is 1. The van der Waals surface area contributed by atoms with Crippen molar-refractivity contribution in [3.63, 3.8) is 0 Å². The summed E-state index contributed by atoms with van der Waals surface area (Å²) >= 11 is 1.71. The fourth-order valence-corrected chi connectivity index (χ4v) is 4.04. The first-order valence-corrected chi connectivity index (χ1v) is 9.77. The Kier molecular flexibility index (Phi) is 6.08.